The van der Waals surface area contributed by atoms with Gasteiger partial charge in [0.05, 0.1) is 0 Å². The Morgan fingerprint density at radius 2 is 1.87 bits per heavy atom. The van der Waals surface area contributed by atoms with Crippen LogP contribution in [-0.2, 0) is 0 Å². The molecule has 1 aromatic heterocycles. The van der Waals surface area contributed by atoms with Crippen molar-refractivity contribution in [1.29, 1.82) is 0 Å². The van der Waals surface area contributed by atoms with E-state index in [1.54, 1.807) is 0 Å². The smallest absolute Gasteiger partial charge is 0.445 e. The summed E-state index contributed by atoms with van der Waals surface area (Å²) in [6.45, 7) is -8.40. The molecule has 9 heteroatoms. The number of alkyl halides is 2. The van der Waals surface area contributed by atoms with Crippen molar-refractivity contribution in [1.82, 2.24) is 4.98 Å². The summed E-state index contributed by atoms with van der Waals surface area (Å²) in [5.41, 5.74) is -1.02. The average Bonchev–Trinajstić information content (AvgIpc) is 2.01. The largest absolute Gasteiger partial charge is 1.00 e. The third kappa shape index (κ3) is 5.25. The Labute approximate surface area is 125 Å². The molecule has 1 rings (SSSR count). The number of rotatable bonds is 3. The second-order valence-corrected chi connectivity index (χ2v) is 2.38. The number of nitrogens with zero attached hydrogens (tertiary/aromatic N) is 1. The summed E-state index contributed by atoms with van der Waals surface area (Å²) >= 11 is 0. The van der Waals surface area contributed by atoms with Crippen molar-refractivity contribution in [2.45, 2.75) is 6.61 Å². The molecule has 1 aromatic rings. The van der Waals surface area contributed by atoms with E-state index in [1.165, 1.54) is 0 Å². The zero-order valence-corrected chi connectivity index (χ0v) is 10.8. The summed E-state index contributed by atoms with van der Waals surface area (Å²) < 4.78 is 63.2. The van der Waals surface area contributed by atoms with Gasteiger partial charge in [-0.15, -0.1) is 5.46 Å². The first-order valence-corrected chi connectivity index (χ1v) is 3.50. The summed E-state index contributed by atoms with van der Waals surface area (Å²) in [6, 6.07) is 1.13. The van der Waals surface area contributed by atoms with Gasteiger partial charge in [-0.25, -0.2) is 4.98 Å². The first kappa shape index (κ1) is 15.3. The Bertz CT molecular complexity index is 321. The standard InChI is InChI=1S/C6H4BF5NO.K/c8-6(9)14-5-3-4(1-2-13-5)7(10,11)12;/h1-3,6H;/q-1;+1. The predicted molar refractivity (Wildman–Crippen MR) is 39.6 cm³/mol. The third-order valence-corrected chi connectivity index (χ3v) is 1.35. The fourth-order valence-electron chi connectivity index (χ4n) is 0.784. The van der Waals surface area contributed by atoms with Gasteiger partial charge in [0.15, 0.2) is 0 Å². The van der Waals surface area contributed by atoms with Crippen LogP contribution in [0.25, 0.3) is 0 Å². The molecule has 0 fully saturated rings. The van der Waals surface area contributed by atoms with Crippen molar-refractivity contribution in [3.05, 3.63) is 18.3 Å². The van der Waals surface area contributed by atoms with E-state index >= 15 is 0 Å². The maximum atomic E-state index is 12.1. The molecule has 1 heterocycles. The van der Waals surface area contributed by atoms with Crippen LogP contribution in [0.1, 0.15) is 0 Å². The molecule has 0 saturated heterocycles. The van der Waals surface area contributed by atoms with Crippen molar-refractivity contribution < 1.29 is 77.8 Å². The summed E-state index contributed by atoms with van der Waals surface area (Å²) in [4.78, 5) is 3.20. The molecule has 78 valence electrons. The molecule has 15 heavy (non-hydrogen) atoms. The first-order valence-electron chi connectivity index (χ1n) is 3.50. The minimum absolute atomic E-state index is 0. The zero-order valence-electron chi connectivity index (χ0n) is 7.63. The molecule has 0 radical (unpaired) electrons. The third-order valence-electron chi connectivity index (χ3n) is 1.35. The maximum Gasteiger partial charge on any atom is 1.00 e. The zero-order chi connectivity index (χ0) is 10.8. The van der Waals surface area contributed by atoms with Crippen LogP contribution >= 0.6 is 0 Å². The Morgan fingerprint density at radius 1 is 1.27 bits per heavy atom. The van der Waals surface area contributed by atoms with Gasteiger partial charge in [0.2, 0.25) is 5.88 Å². The van der Waals surface area contributed by atoms with Gasteiger partial charge in [0, 0.05) is 6.20 Å². The fraction of sp³-hybridized carbons (Fsp3) is 0.167. The number of hydrogen-bond acceptors (Lipinski definition) is 2. The van der Waals surface area contributed by atoms with Crippen LogP contribution in [0.5, 0.6) is 5.88 Å². The number of pyridine rings is 1. The van der Waals surface area contributed by atoms with E-state index in [2.05, 4.69) is 9.72 Å². The molecule has 0 bridgehead atoms. The van der Waals surface area contributed by atoms with Crippen LogP contribution in [0.2, 0.25) is 0 Å². The topological polar surface area (TPSA) is 22.1 Å². The quantitative estimate of drug-likeness (QED) is 0.494. The molecule has 0 amide bonds. The van der Waals surface area contributed by atoms with Gasteiger partial charge < -0.3 is 17.7 Å². The van der Waals surface area contributed by atoms with Gasteiger partial charge in [0.25, 0.3) is 0 Å². The van der Waals surface area contributed by atoms with Crippen molar-refractivity contribution in [2.24, 2.45) is 0 Å². The predicted octanol–water partition coefficient (Wildman–Crippen LogP) is -1.26. The SMILES string of the molecule is FC(F)Oc1cc([B-](F)(F)F)ccn1.[K+]. The molecular formula is C6H4BF5KNO. The van der Waals surface area contributed by atoms with E-state index in [-0.39, 0.29) is 51.4 Å². The minimum atomic E-state index is -5.22. The number of hydrogen-bond donors (Lipinski definition) is 0. The van der Waals surface area contributed by atoms with Gasteiger partial charge in [-0.1, -0.05) is 6.07 Å². The second kappa shape index (κ2) is 6.14. The van der Waals surface area contributed by atoms with Crippen LogP contribution < -0.4 is 61.6 Å². The molecule has 0 N–H and O–H groups in total. The van der Waals surface area contributed by atoms with Crippen molar-refractivity contribution in [3.8, 4) is 5.88 Å². The molecule has 0 aliphatic heterocycles. The summed E-state index contributed by atoms with van der Waals surface area (Å²) in [6.07, 6.45) is 0.766. The first-order chi connectivity index (χ1) is 6.39. The molecule has 0 atom stereocenters. The minimum Gasteiger partial charge on any atom is -0.445 e. The van der Waals surface area contributed by atoms with Gasteiger partial charge in [-0.2, -0.15) is 8.78 Å². The summed E-state index contributed by atoms with van der Waals surface area (Å²) in [5, 5.41) is 0. The van der Waals surface area contributed by atoms with E-state index in [9.17, 15) is 21.7 Å². The molecular weight excluding hydrogens is 247 g/mol. The van der Waals surface area contributed by atoms with Gasteiger partial charge in [-0.3, -0.25) is 0 Å². The Balaban J connectivity index is 0.00000196. The van der Waals surface area contributed by atoms with E-state index in [4.69, 9.17) is 0 Å². The Morgan fingerprint density at radius 3 is 2.33 bits per heavy atom. The number of aromatic nitrogens is 1. The van der Waals surface area contributed by atoms with Crippen LogP contribution in [-0.4, -0.2) is 18.6 Å². The summed E-state index contributed by atoms with van der Waals surface area (Å²) in [7, 11) is 0. The van der Waals surface area contributed by atoms with E-state index in [0.717, 1.165) is 6.20 Å². The Hall–Kier alpha value is 0.301. The Kier molecular flexibility index (Phi) is 6.26. The van der Waals surface area contributed by atoms with Crippen LogP contribution in [0, 0.1) is 0 Å². The van der Waals surface area contributed by atoms with E-state index < -0.39 is 24.9 Å². The molecule has 0 unspecified atom stereocenters. The molecule has 0 aliphatic rings. The normalized spacial score (nSPS) is 11.1. The van der Waals surface area contributed by atoms with Gasteiger partial charge in [-0.05, 0) is 6.07 Å². The number of halogens is 5. The average molecular weight is 251 g/mol. The molecule has 0 aliphatic carbocycles. The van der Waals surface area contributed by atoms with Crippen molar-refractivity contribution in [3.63, 3.8) is 0 Å². The molecule has 2 nitrogen and oxygen atoms in total. The van der Waals surface area contributed by atoms with E-state index in [0.29, 0.717) is 12.1 Å². The molecule has 0 spiro atoms. The number of ether oxygens (including phenoxy) is 1. The monoisotopic (exact) mass is 251 g/mol. The van der Waals surface area contributed by atoms with Gasteiger partial charge in [0.1, 0.15) is 0 Å². The molecule has 0 saturated carbocycles. The van der Waals surface area contributed by atoms with Crippen molar-refractivity contribution in [2.75, 3.05) is 0 Å². The maximum absolute atomic E-state index is 12.1. The van der Waals surface area contributed by atoms with Crippen LogP contribution in [0.4, 0.5) is 21.7 Å². The summed E-state index contributed by atoms with van der Waals surface area (Å²) in [5.74, 6) is -0.739. The van der Waals surface area contributed by atoms with Crippen molar-refractivity contribution >= 4 is 12.4 Å². The second-order valence-electron chi connectivity index (χ2n) is 2.38. The van der Waals surface area contributed by atoms with E-state index in [1.807, 2.05) is 0 Å². The van der Waals surface area contributed by atoms with Crippen LogP contribution in [0.3, 0.4) is 0 Å². The molecule has 0 aromatic carbocycles. The fourth-order valence-corrected chi connectivity index (χ4v) is 0.784. The van der Waals surface area contributed by atoms with Gasteiger partial charge >= 0.3 is 65.0 Å². The van der Waals surface area contributed by atoms with Crippen LogP contribution in [0.15, 0.2) is 18.3 Å².